The molecule has 3 nitrogen and oxygen atoms in total. The van der Waals surface area contributed by atoms with Crippen molar-refractivity contribution in [3.05, 3.63) is 0 Å². The number of hydrogen-bond donors (Lipinski definition) is 1. The van der Waals surface area contributed by atoms with Gasteiger partial charge in [-0.25, -0.2) is 0 Å². The Labute approximate surface area is 153 Å². The highest BCUT2D eigenvalue weighted by molar-refractivity contribution is 5.66. The van der Waals surface area contributed by atoms with Crippen molar-refractivity contribution in [3.63, 3.8) is 0 Å². The van der Waals surface area contributed by atoms with Crippen LogP contribution in [0.2, 0.25) is 0 Å². The first-order valence-corrected chi connectivity index (χ1v) is 10.7. The number of esters is 1. The molecule has 0 radical (unpaired) electrons. The lowest BCUT2D eigenvalue weighted by atomic mass is 9.44. The van der Waals surface area contributed by atoms with Gasteiger partial charge >= 0.3 is 5.97 Å². The molecule has 142 valence electrons. The summed E-state index contributed by atoms with van der Waals surface area (Å²) in [6.07, 6.45) is 10.1. The van der Waals surface area contributed by atoms with E-state index in [2.05, 4.69) is 20.8 Å². The Morgan fingerprint density at radius 3 is 2.40 bits per heavy atom. The van der Waals surface area contributed by atoms with Gasteiger partial charge in [-0.15, -0.1) is 0 Å². The molecular weight excluding hydrogens is 310 g/mol. The van der Waals surface area contributed by atoms with Gasteiger partial charge in [0, 0.05) is 18.9 Å². The van der Waals surface area contributed by atoms with Crippen molar-refractivity contribution >= 4 is 5.97 Å². The molecule has 0 spiro atoms. The highest BCUT2D eigenvalue weighted by Gasteiger charge is 2.62. The Balaban J connectivity index is 1.70. The zero-order valence-electron chi connectivity index (χ0n) is 16.6. The number of carbonyl (C=O) groups excluding carboxylic acids is 1. The zero-order valence-corrected chi connectivity index (χ0v) is 16.6. The van der Waals surface area contributed by atoms with Gasteiger partial charge in [-0.05, 0) is 85.9 Å². The third-order valence-corrected chi connectivity index (χ3v) is 9.49. The van der Waals surface area contributed by atoms with Gasteiger partial charge in [-0.3, -0.25) is 4.79 Å². The molecule has 0 aromatic carbocycles. The fourth-order valence-corrected chi connectivity index (χ4v) is 7.83. The maximum Gasteiger partial charge on any atom is 0.302 e. The van der Waals surface area contributed by atoms with Crippen LogP contribution in [0.5, 0.6) is 0 Å². The summed E-state index contributed by atoms with van der Waals surface area (Å²) in [6.45, 7) is 9.12. The number of carbonyl (C=O) groups is 1. The molecule has 3 heteroatoms. The van der Waals surface area contributed by atoms with Gasteiger partial charge in [-0.1, -0.05) is 20.8 Å². The molecule has 4 fully saturated rings. The molecule has 0 saturated heterocycles. The molecule has 9 atom stereocenters. The summed E-state index contributed by atoms with van der Waals surface area (Å²) in [7, 11) is 0. The molecule has 4 saturated carbocycles. The number of fused-ring (bicyclic) bond motifs is 5. The third-order valence-electron chi connectivity index (χ3n) is 9.49. The summed E-state index contributed by atoms with van der Waals surface area (Å²) < 4.78 is 6.00. The Morgan fingerprint density at radius 1 is 1.00 bits per heavy atom. The lowest BCUT2D eigenvalue weighted by Gasteiger charge is -2.62. The first-order valence-electron chi connectivity index (χ1n) is 10.7. The van der Waals surface area contributed by atoms with Gasteiger partial charge in [0.1, 0.15) is 6.10 Å². The molecule has 0 amide bonds. The fraction of sp³-hybridized carbons (Fsp3) is 0.955. The smallest absolute Gasteiger partial charge is 0.302 e. The molecule has 25 heavy (non-hydrogen) atoms. The first kappa shape index (κ1) is 17.8. The largest absolute Gasteiger partial charge is 0.462 e. The van der Waals surface area contributed by atoms with Crippen LogP contribution in [-0.4, -0.2) is 18.1 Å². The highest BCUT2D eigenvalue weighted by atomic mass is 16.5. The summed E-state index contributed by atoms with van der Waals surface area (Å²) in [6, 6.07) is 0.341. The van der Waals surface area contributed by atoms with E-state index in [1.807, 2.05) is 0 Å². The summed E-state index contributed by atoms with van der Waals surface area (Å²) in [4.78, 5) is 11.9. The maximum absolute atomic E-state index is 11.9. The summed E-state index contributed by atoms with van der Waals surface area (Å²) in [5.74, 6) is 3.37. The minimum absolute atomic E-state index is 0.0919. The quantitative estimate of drug-likeness (QED) is 0.709. The van der Waals surface area contributed by atoms with Crippen LogP contribution in [0.15, 0.2) is 0 Å². The predicted octanol–water partition coefficient (Wildman–Crippen LogP) is 4.53. The lowest BCUT2D eigenvalue weighted by molar-refractivity contribution is -0.188. The number of rotatable bonds is 1. The lowest BCUT2D eigenvalue weighted by Crippen LogP contribution is -2.59. The molecule has 2 N–H and O–H groups in total. The van der Waals surface area contributed by atoms with Crippen LogP contribution in [-0.2, 0) is 9.53 Å². The molecule has 4 aliphatic rings. The SMILES string of the molecule is CC(=O)O[C@@H]1C[C@H]2CC(N)CC[C@]2(C)C2CC[C@@]3(C)C(CC[C@@H]3C)C21. The molecule has 4 unspecified atom stereocenters. The normalized spacial score (nSPS) is 55.0. The van der Waals surface area contributed by atoms with Crippen molar-refractivity contribution in [1.29, 1.82) is 0 Å². The van der Waals surface area contributed by atoms with E-state index >= 15 is 0 Å². The van der Waals surface area contributed by atoms with Crippen molar-refractivity contribution in [2.24, 2.45) is 46.2 Å². The van der Waals surface area contributed by atoms with E-state index in [-0.39, 0.29) is 12.1 Å². The Bertz CT molecular complexity index is 548. The van der Waals surface area contributed by atoms with E-state index < -0.39 is 0 Å². The van der Waals surface area contributed by atoms with Gasteiger partial charge in [-0.2, -0.15) is 0 Å². The van der Waals surface area contributed by atoms with E-state index in [0.29, 0.717) is 34.6 Å². The summed E-state index contributed by atoms with van der Waals surface area (Å²) >= 11 is 0. The maximum atomic E-state index is 11.9. The number of ether oxygens (including phenoxy) is 1. The van der Waals surface area contributed by atoms with E-state index in [1.165, 1.54) is 38.5 Å². The molecule has 0 heterocycles. The monoisotopic (exact) mass is 347 g/mol. The molecular formula is C22H37NO2. The second-order valence-electron chi connectivity index (χ2n) is 10.4. The van der Waals surface area contributed by atoms with Crippen molar-refractivity contribution in [2.45, 2.75) is 91.2 Å². The molecule has 0 aromatic heterocycles. The van der Waals surface area contributed by atoms with Crippen molar-refractivity contribution in [1.82, 2.24) is 0 Å². The molecule has 0 aromatic rings. The van der Waals surface area contributed by atoms with Crippen LogP contribution in [0.25, 0.3) is 0 Å². The van der Waals surface area contributed by atoms with Gasteiger partial charge in [0.25, 0.3) is 0 Å². The highest BCUT2D eigenvalue weighted by Crippen LogP contribution is 2.67. The van der Waals surface area contributed by atoms with Crippen LogP contribution in [0.1, 0.15) is 79.1 Å². The molecule has 4 rings (SSSR count). The van der Waals surface area contributed by atoms with E-state index in [1.54, 1.807) is 6.92 Å². The summed E-state index contributed by atoms with van der Waals surface area (Å²) in [5, 5.41) is 0. The minimum atomic E-state index is -0.0919. The van der Waals surface area contributed by atoms with Crippen LogP contribution in [0.3, 0.4) is 0 Å². The van der Waals surface area contributed by atoms with E-state index in [9.17, 15) is 4.79 Å². The standard InChI is InChI=1S/C22H37NO2/c1-13-5-6-17-20-18(8-10-21(13,17)3)22(4)9-7-16(23)11-15(22)12-19(20)25-14(2)24/h13,15-20H,5-12,23H2,1-4H3/t13-,15+,16?,17?,18?,19+,20?,21+,22-/m0/s1. The van der Waals surface area contributed by atoms with Gasteiger partial charge in [0.05, 0.1) is 0 Å². The van der Waals surface area contributed by atoms with Crippen LogP contribution < -0.4 is 5.73 Å². The van der Waals surface area contributed by atoms with E-state index in [4.69, 9.17) is 10.5 Å². The van der Waals surface area contributed by atoms with Crippen LogP contribution >= 0.6 is 0 Å². The van der Waals surface area contributed by atoms with Crippen LogP contribution in [0, 0.1) is 40.4 Å². The van der Waals surface area contributed by atoms with Crippen LogP contribution in [0.4, 0.5) is 0 Å². The summed E-state index contributed by atoms with van der Waals surface area (Å²) in [5.41, 5.74) is 7.19. The van der Waals surface area contributed by atoms with Crippen molar-refractivity contribution in [3.8, 4) is 0 Å². The third kappa shape index (κ3) is 2.59. The average molecular weight is 348 g/mol. The van der Waals surface area contributed by atoms with Gasteiger partial charge < -0.3 is 10.5 Å². The van der Waals surface area contributed by atoms with E-state index in [0.717, 1.165) is 24.7 Å². The minimum Gasteiger partial charge on any atom is -0.462 e. The molecule has 4 aliphatic carbocycles. The zero-order chi connectivity index (χ0) is 18.0. The first-order chi connectivity index (χ1) is 11.8. The molecule has 0 bridgehead atoms. The topological polar surface area (TPSA) is 52.3 Å². The molecule has 0 aliphatic heterocycles. The van der Waals surface area contributed by atoms with Crippen molar-refractivity contribution in [2.75, 3.05) is 0 Å². The second kappa shape index (κ2) is 5.97. The fourth-order valence-electron chi connectivity index (χ4n) is 7.83. The predicted molar refractivity (Wildman–Crippen MR) is 99.8 cm³/mol. The Morgan fingerprint density at radius 2 is 1.68 bits per heavy atom. The second-order valence-corrected chi connectivity index (χ2v) is 10.4. The van der Waals surface area contributed by atoms with Gasteiger partial charge in [0.15, 0.2) is 0 Å². The average Bonchev–Trinajstić information content (AvgIpc) is 2.84. The number of nitrogens with two attached hydrogens (primary N) is 1. The number of hydrogen-bond acceptors (Lipinski definition) is 3. The van der Waals surface area contributed by atoms with Crippen molar-refractivity contribution < 1.29 is 9.53 Å². The van der Waals surface area contributed by atoms with Gasteiger partial charge in [0.2, 0.25) is 0 Å². The Kier molecular flexibility index (Phi) is 4.26. The Hall–Kier alpha value is -0.570.